The van der Waals surface area contributed by atoms with Gasteiger partial charge in [0.05, 0.1) is 0 Å². The lowest BCUT2D eigenvalue weighted by Crippen LogP contribution is -2.21. The van der Waals surface area contributed by atoms with Gasteiger partial charge >= 0.3 is 15.6 Å². The fourth-order valence-electron chi connectivity index (χ4n) is 1.01. The molecule has 0 aromatic heterocycles. The van der Waals surface area contributed by atoms with Gasteiger partial charge < -0.3 is 0 Å². The van der Waals surface area contributed by atoms with Gasteiger partial charge in [-0.15, -0.1) is 0 Å². The van der Waals surface area contributed by atoms with E-state index in [-0.39, 0.29) is 0 Å². The van der Waals surface area contributed by atoms with Crippen LogP contribution in [-0.4, -0.2) is 18.5 Å². The molecule has 0 aromatic rings. The first-order valence-electron chi connectivity index (χ1n) is 3.82. The van der Waals surface area contributed by atoms with E-state index >= 15 is 0 Å². The van der Waals surface area contributed by atoms with Gasteiger partial charge in [-0.1, -0.05) is 24.3 Å². The molecule has 0 saturated heterocycles. The fraction of sp³-hybridized carbons (Fsp3) is 0.250. The zero-order valence-electron chi connectivity index (χ0n) is 7.32. The number of halogens is 3. The van der Waals surface area contributed by atoms with Gasteiger partial charge in [-0.2, -0.15) is 21.6 Å². The van der Waals surface area contributed by atoms with Gasteiger partial charge in [0.2, 0.25) is 0 Å². The van der Waals surface area contributed by atoms with E-state index < -0.39 is 15.6 Å². The van der Waals surface area contributed by atoms with Crippen LogP contribution in [0.2, 0.25) is 0 Å². The van der Waals surface area contributed by atoms with Crippen LogP contribution < -0.4 is 0 Å². The molecule has 0 aliphatic heterocycles. The van der Waals surface area contributed by atoms with Crippen molar-refractivity contribution in [3.63, 3.8) is 0 Å². The van der Waals surface area contributed by atoms with Gasteiger partial charge in [0.15, 0.2) is 0 Å². The van der Waals surface area contributed by atoms with Crippen LogP contribution in [0.1, 0.15) is 6.42 Å². The summed E-state index contributed by atoms with van der Waals surface area (Å²) in [6.07, 6.45) is 9.90. The first kappa shape index (κ1) is 12.0. The summed E-state index contributed by atoms with van der Waals surface area (Å²) in [7, 11) is -5.84. The van der Waals surface area contributed by atoms with Crippen LogP contribution in [0.5, 0.6) is 0 Å². The molecule has 0 atom stereocenters. The smallest absolute Gasteiger partial charge is 0.279 e. The molecule has 0 spiro atoms. The second-order valence-corrected chi connectivity index (χ2v) is 4.33. The molecule has 15 heavy (non-hydrogen) atoms. The molecule has 0 unspecified atom stereocenters. The summed E-state index contributed by atoms with van der Waals surface area (Å²) in [6.45, 7) is 0. The normalized spacial score (nSPS) is 18.1. The number of fused-ring (bicyclic) bond motifs is 2. The standard InChI is InChI=1S/C7H6.CHF3O3S/c1-2-7-4-3-6(1)5-7;2-1(3,4)8(5,6)7/h1-4H,5H2;(H,5,6,7). The van der Waals surface area contributed by atoms with Crippen molar-refractivity contribution in [1.29, 1.82) is 0 Å². The summed E-state index contributed by atoms with van der Waals surface area (Å²) in [6, 6.07) is 0. The van der Waals surface area contributed by atoms with Crippen LogP contribution in [0.3, 0.4) is 0 Å². The van der Waals surface area contributed by atoms with Crippen molar-refractivity contribution in [2.75, 3.05) is 0 Å². The van der Waals surface area contributed by atoms with E-state index in [4.69, 9.17) is 13.0 Å². The lowest BCUT2D eigenvalue weighted by atomic mass is 10.3. The lowest BCUT2D eigenvalue weighted by Gasteiger charge is -1.97. The first-order valence-corrected chi connectivity index (χ1v) is 5.26. The van der Waals surface area contributed by atoms with Crippen molar-refractivity contribution in [3.05, 3.63) is 35.5 Å². The van der Waals surface area contributed by atoms with Crippen molar-refractivity contribution in [3.8, 4) is 0 Å². The number of allylic oxidation sites excluding steroid dienone is 6. The summed E-state index contributed by atoms with van der Waals surface area (Å²) in [5, 5.41) is 0. The van der Waals surface area contributed by atoms with E-state index in [1.807, 2.05) is 0 Å². The van der Waals surface area contributed by atoms with E-state index in [0.717, 1.165) is 0 Å². The van der Waals surface area contributed by atoms with Gasteiger partial charge in [0.1, 0.15) is 0 Å². The molecule has 0 saturated carbocycles. The Kier molecular flexibility index (Phi) is 3.05. The second-order valence-electron chi connectivity index (χ2n) is 2.91. The third kappa shape index (κ3) is 3.21. The Morgan fingerprint density at radius 2 is 1.47 bits per heavy atom. The quantitative estimate of drug-likeness (QED) is 0.521. The zero-order valence-corrected chi connectivity index (χ0v) is 8.14. The topological polar surface area (TPSA) is 54.4 Å². The largest absolute Gasteiger partial charge is 0.522 e. The number of rotatable bonds is 0. The van der Waals surface area contributed by atoms with Gasteiger partial charge in [-0.05, 0) is 17.6 Å². The molecule has 7 heteroatoms. The molecular weight excluding hydrogens is 233 g/mol. The first-order chi connectivity index (χ1) is 6.70. The van der Waals surface area contributed by atoms with Crippen molar-refractivity contribution < 1.29 is 26.1 Å². The van der Waals surface area contributed by atoms with Crippen LogP contribution >= 0.6 is 0 Å². The van der Waals surface area contributed by atoms with Crippen LogP contribution in [-0.2, 0) is 10.1 Å². The van der Waals surface area contributed by atoms with Crippen molar-refractivity contribution in [2.45, 2.75) is 11.9 Å². The summed E-state index contributed by atoms with van der Waals surface area (Å²) in [5.74, 6) is 0. The monoisotopic (exact) mass is 240 g/mol. The molecule has 0 heterocycles. The lowest BCUT2D eigenvalue weighted by molar-refractivity contribution is -0.0510. The molecule has 0 radical (unpaired) electrons. The number of hydrogen-bond donors (Lipinski definition) is 1. The Hall–Kier alpha value is -1.08. The van der Waals surface area contributed by atoms with Crippen LogP contribution in [0.4, 0.5) is 13.2 Å². The maximum Gasteiger partial charge on any atom is 0.522 e. The maximum atomic E-state index is 10.7. The highest BCUT2D eigenvalue weighted by atomic mass is 32.2. The Morgan fingerprint density at radius 3 is 1.53 bits per heavy atom. The molecule has 2 bridgehead atoms. The van der Waals surface area contributed by atoms with E-state index in [1.165, 1.54) is 17.6 Å². The predicted octanol–water partition coefficient (Wildman–Crippen LogP) is 2.21. The fourth-order valence-corrected chi connectivity index (χ4v) is 1.01. The van der Waals surface area contributed by atoms with Gasteiger partial charge in [-0.3, -0.25) is 4.55 Å². The third-order valence-electron chi connectivity index (χ3n) is 1.72. The molecule has 2 rings (SSSR count). The summed E-state index contributed by atoms with van der Waals surface area (Å²) >= 11 is 0. The minimum Gasteiger partial charge on any atom is -0.279 e. The summed E-state index contributed by atoms with van der Waals surface area (Å²) in [5.41, 5.74) is -2.60. The highest BCUT2D eigenvalue weighted by molar-refractivity contribution is 7.86. The average Bonchev–Trinajstić information content (AvgIpc) is 2.62. The van der Waals surface area contributed by atoms with Crippen LogP contribution in [0, 0.1) is 0 Å². The van der Waals surface area contributed by atoms with E-state index in [0.29, 0.717) is 0 Å². The molecule has 1 N–H and O–H groups in total. The van der Waals surface area contributed by atoms with Gasteiger partial charge in [0, 0.05) is 0 Å². The van der Waals surface area contributed by atoms with E-state index in [1.54, 1.807) is 0 Å². The molecule has 0 aromatic carbocycles. The molecule has 2 aliphatic carbocycles. The van der Waals surface area contributed by atoms with Crippen molar-refractivity contribution >= 4 is 10.1 Å². The zero-order chi connectivity index (χ0) is 11.7. The minimum absolute atomic E-state index is 1.19. The minimum atomic E-state index is -5.84. The number of hydrogen-bond acceptors (Lipinski definition) is 2. The average molecular weight is 240 g/mol. The molecule has 2 aliphatic rings. The van der Waals surface area contributed by atoms with Crippen molar-refractivity contribution in [2.24, 2.45) is 0 Å². The molecule has 0 fully saturated rings. The summed E-state index contributed by atoms with van der Waals surface area (Å²) < 4.78 is 57.5. The SMILES string of the molecule is C1=CC2=CC=C1C2.O=S(=O)(O)C(F)(F)F. The summed E-state index contributed by atoms with van der Waals surface area (Å²) in [4.78, 5) is 0. The van der Waals surface area contributed by atoms with Crippen molar-refractivity contribution in [1.82, 2.24) is 0 Å². The molecule has 84 valence electrons. The highest BCUT2D eigenvalue weighted by Gasteiger charge is 2.44. The maximum absolute atomic E-state index is 10.7. The molecule has 3 nitrogen and oxygen atoms in total. The Labute approximate surface area is 84.3 Å². The Morgan fingerprint density at radius 1 is 1.13 bits per heavy atom. The Bertz CT molecular complexity index is 420. The van der Waals surface area contributed by atoms with E-state index in [2.05, 4.69) is 24.3 Å². The van der Waals surface area contributed by atoms with Gasteiger partial charge in [-0.25, -0.2) is 0 Å². The van der Waals surface area contributed by atoms with Crippen LogP contribution in [0.25, 0.3) is 0 Å². The molecular formula is C8H7F3O3S. The number of alkyl halides is 3. The van der Waals surface area contributed by atoms with Crippen LogP contribution in [0.15, 0.2) is 35.5 Å². The predicted molar refractivity (Wildman–Crippen MR) is 47.5 cm³/mol. The Balaban J connectivity index is 0.000000150. The highest BCUT2D eigenvalue weighted by Crippen LogP contribution is 2.27. The third-order valence-corrected chi connectivity index (χ3v) is 2.31. The second kappa shape index (κ2) is 3.82. The van der Waals surface area contributed by atoms with Gasteiger partial charge in [0.25, 0.3) is 0 Å². The van der Waals surface area contributed by atoms with E-state index in [9.17, 15) is 13.2 Å². The molecule has 0 amide bonds.